The minimum absolute atomic E-state index is 0.273. The molecular formula is C26H17Cl2N3O3. The van der Waals surface area contributed by atoms with Crippen molar-refractivity contribution in [3.63, 3.8) is 0 Å². The molecule has 3 aromatic rings. The number of halogens is 2. The molecule has 3 heterocycles. The zero-order valence-corrected chi connectivity index (χ0v) is 19.1. The second-order valence-corrected chi connectivity index (χ2v) is 9.43. The normalized spacial score (nSPS) is 24.8. The summed E-state index contributed by atoms with van der Waals surface area (Å²) in [5, 5.41) is 7.21. The highest BCUT2D eigenvalue weighted by molar-refractivity contribution is 6.31. The molecule has 4 atom stereocenters. The van der Waals surface area contributed by atoms with Crippen LogP contribution in [0.15, 0.2) is 77.9 Å². The third-order valence-corrected chi connectivity index (χ3v) is 7.28. The van der Waals surface area contributed by atoms with Crippen molar-refractivity contribution in [2.75, 3.05) is 4.90 Å². The van der Waals surface area contributed by atoms with E-state index in [1.165, 1.54) is 4.90 Å². The second-order valence-electron chi connectivity index (χ2n) is 8.55. The van der Waals surface area contributed by atoms with Crippen molar-refractivity contribution < 1.29 is 14.4 Å². The van der Waals surface area contributed by atoms with Gasteiger partial charge in [-0.15, -0.1) is 0 Å². The maximum absolute atomic E-state index is 13.8. The molecule has 2 fully saturated rings. The molecule has 3 aromatic carbocycles. The first-order chi connectivity index (χ1) is 16.5. The molecule has 0 bridgehead atoms. The minimum Gasteiger partial charge on any atom is -0.292 e. The molecular weight excluding hydrogens is 473 g/mol. The standard InChI is InChI=1S/C26H17Cl2N3O3/c27-16-7-5-14(6-8-16)24(32)23-21-20(22-19-4-2-1-3-15(19)13-29-31(22)23)25(33)30(26(21)34)18-11-9-17(28)10-12-18/h1-13,20-23H/t20-,21-,22+,23+/m1/s1. The van der Waals surface area contributed by atoms with E-state index in [1.807, 2.05) is 24.3 Å². The molecule has 168 valence electrons. The topological polar surface area (TPSA) is 70.0 Å². The van der Waals surface area contributed by atoms with E-state index in [-0.39, 0.29) is 11.7 Å². The fourth-order valence-corrected chi connectivity index (χ4v) is 5.55. The van der Waals surface area contributed by atoms with Gasteiger partial charge < -0.3 is 0 Å². The lowest BCUT2D eigenvalue weighted by atomic mass is 9.83. The molecule has 0 spiro atoms. The molecule has 0 unspecified atom stereocenters. The number of carbonyl (C=O) groups excluding carboxylic acids is 3. The Morgan fingerprint density at radius 3 is 2.12 bits per heavy atom. The minimum atomic E-state index is -0.922. The van der Waals surface area contributed by atoms with E-state index in [4.69, 9.17) is 23.2 Å². The van der Waals surface area contributed by atoms with Crippen molar-refractivity contribution in [2.24, 2.45) is 16.9 Å². The Hall–Kier alpha value is -3.48. The van der Waals surface area contributed by atoms with Crippen LogP contribution in [0.1, 0.15) is 27.5 Å². The van der Waals surface area contributed by atoms with Crippen LogP contribution in [-0.4, -0.2) is 34.9 Å². The van der Waals surface area contributed by atoms with Crippen LogP contribution >= 0.6 is 23.2 Å². The van der Waals surface area contributed by atoms with E-state index >= 15 is 0 Å². The summed E-state index contributed by atoms with van der Waals surface area (Å²) in [7, 11) is 0. The highest BCUT2D eigenvalue weighted by Crippen LogP contribution is 2.53. The quantitative estimate of drug-likeness (QED) is 0.393. The van der Waals surface area contributed by atoms with Crippen molar-refractivity contribution >= 4 is 52.7 Å². The third kappa shape index (κ3) is 3.02. The van der Waals surface area contributed by atoms with Crippen LogP contribution in [0.4, 0.5) is 5.69 Å². The van der Waals surface area contributed by atoms with Crippen LogP contribution in [0.25, 0.3) is 0 Å². The average Bonchev–Trinajstić information content (AvgIpc) is 3.32. The summed E-state index contributed by atoms with van der Waals surface area (Å²) in [5.41, 5.74) is 2.59. The Morgan fingerprint density at radius 1 is 0.794 bits per heavy atom. The highest BCUT2D eigenvalue weighted by Gasteiger charge is 2.65. The van der Waals surface area contributed by atoms with E-state index in [2.05, 4.69) is 5.10 Å². The van der Waals surface area contributed by atoms with Gasteiger partial charge in [-0.25, -0.2) is 4.90 Å². The number of imide groups is 1. The summed E-state index contributed by atoms with van der Waals surface area (Å²) < 4.78 is 0. The van der Waals surface area contributed by atoms with Crippen molar-refractivity contribution in [2.45, 2.75) is 12.1 Å². The first kappa shape index (κ1) is 21.1. The van der Waals surface area contributed by atoms with Crippen LogP contribution in [0, 0.1) is 11.8 Å². The lowest BCUT2D eigenvalue weighted by Crippen LogP contribution is -2.44. The van der Waals surface area contributed by atoms with Gasteiger partial charge in [0.25, 0.3) is 0 Å². The van der Waals surface area contributed by atoms with Gasteiger partial charge in [0.15, 0.2) is 5.78 Å². The molecule has 0 aliphatic carbocycles. The Balaban J connectivity index is 1.49. The number of carbonyl (C=O) groups is 3. The molecule has 3 aliphatic rings. The molecule has 0 saturated carbocycles. The van der Waals surface area contributed by atoms with Gasteiger partial charge in [-0.2, -0.15) is 5.10 Å². The van der Waals surface area contributed by atoms with E-state index in [9.17, 15) is 14.4 Å². The fourth-order valence-electron chi connectivity index (χ4n) is 5.30. The van der Waals surface area contributed by atoms with Crippen LogP contribution in [0.5, 0.6) is 0 Å². The maximum atomic E-state index is 13.8. The first-order valence-electron chi connectivity index (χ1n) is 10.8. The summed E-state index contributed by atoms with van der Waals surface area (Å²) in [6, 6.07) is 19.2. The largest absolute Gasteiger partial charge is 0.292 e. The first-order valence-corrected chi connectivity index (χ1v) is 11.6. The zero-order chi connectivity index (χ0) is 23.6. The number of hydrazone groups is 1. The lowest BCUT2D eigenvalue weighted by molar-refractivity contribution is -0.124. The number of hydrogen-bond acceptors (Lipinski definition) is 5. The zero-order valence-electron chi connectivity index (χ0n) is 17.6. The van der Waals surface area contributed by atoms with Gasteiger partial charge in [0, 0.05) is 15.6 Å². The molecule has 3 aliphatic heterocycles. The van der Waals surface area contributed by atoms with Crippen LogP contribution in [0.2, 0.25) is 10.0 Å². The van der Waals surface area contributed by atoms with Gasteiger partial charge in [-0.05, 0) is 59.7 Å². The summed E-state index contributed by atoms with van der Waals surface area (Å²) in [4.78, 5) is 42.5. The van der Waals surface area contributed by atoms with Gasteiger partial charge in [0.2, 0.25) is 11.8 Å². The van der Waals surface area contributed by atoms with Crippen LogP contribution in [0.3, 0.4) is 0 Å². The van der Waals surface area contributed by atoms with Crippen molar-refractivity contribution in [1.29, 1.82) is 0 Å². The molecule has 8 heteroatoms. The van der Waals surface area contributed by atoms with Gasteiger partial charge in [0.1, 0.15) is 6.04 Å². The van der Waals surface area contributed by atoms with Gasteiger partial charge in [0.05, 0.1) is 29.8 Å². The number of anilines is 1. The smallest absolute Gasteiger partial charge is 0.240 e. The van der Waals surface area contributed by atoms with Crippen molar-refractivity contribution in [1.82, 2.24) is 5.01 Å². The molecule has 0 N–H and O–H groups in total. The van der Waals surface area contributed by atoms with Gasteiger partial charge in [-0.3, -0.25) is 19.4 Å². The summed E-state index contributed by atoms with van der Waals surface area (Å²) in [6.07, 6.45) is 1.68. The Bertz CT molecular complexity index is 1370. The Kier molecular flexibility index (Phi) is 4.83. The number of hydrogen-bond donors (Lipinski definition) is 0. The molecule has 0 radical (unpaired) electrons. The van der Waals surface area contributed by atoms with Gasteiger partial charge in [-0.1, -0.05) is 47.5 Å². The SMILES string of the molecule is O=C(c1ccc(Cl)cc1)[C@@H]1[C@@H]2C(=O)N(c3ccc(Cl)cc3)C(=O)[C@H]2[C@@H]2c3ccccc3C=NN12. The molecule has 6 nitrogen and oxygen atoms in total. The number of ketones is 1. The van der Waals surface area contributed by atoms with E-state index in [0.717, 1.165) is 11.1 Å². The summed E-state index contributed by atoms with van der Waals surface area (Å²) in [5.74, 6) is -2.65. The predicted octanol–water partition coefficient (Wildman–Crippen LogP) is 4.75. The molecule has 2 saturated heterocycles. The number of Topliss-reactive ketones (excluding diaryl/α,β-unsaturated/α-hetero) is 1. The third-order valence-electron chi connectivity index (χ3n) is 6.78. The molecule has 6 rings (SSSR count). The fraction of sp³-hybridized carbons (Fsp3) is 0.154. The Labute approximate surface area is 205 Å². The molecule has 2 amide bonds. The second kappa shape index (κ2) is 7.79. The van der Waals surface area contributed by atoms with Crippen LogP contribution < -0.4 is 4.90 Å². The van der Waals surface area contributed by atoms with Crippen LogP contribution in [-0.2, 0) is 9.59 Å². The van der Waals surface area contributed by atoms with E-state index < -0.39 is 29.8 Å². The van der Waals surface area contributed by atoms with Gasteiger partial charge >= 0.3 is 0 Å². The number of nitrogens with zero attached hydrogens (tertiary/aromatic N) is 3. The van der Waals surface area contributed by atoms with E-state index in [1.54, 1.807) is 59.8 Å². The highest BCUT2D eigenvalue weighted by atomic mass is 35.5. The number of benzene rings is 3. The number of rotatable bonds is 3. The number of amides is 2. The van der Waals surface area contributed by atoms with E-state index in [0.29, 0.717) is 21.3 Å². The maximum Gasteiger partial charge on any atom is 0.240 e. The summed E-state index contributed by atoms with van der Waals surface area (Å²) in [6.45, 7) is 0. The molecule has 0 aromatic heterocycles. The predicted molar refractivity (Wildman–Crippen MR) is 129 cm³/mol. The average molecular weight is 490 g/mol. The Morgan fingerprint density at radius 2 is 1.41 bits per heavy atom. The van der Waals surface area contributed by atoms with Crippen molar-refractivity contribution in [3.05, 3.63) is 99.5 Å². The van der Waals surface area contributed by atoms with Crippen molar-refractivity contribution in [3.8, 4) is 0 Å². The lowest BCUT2D eigenvalue weighted by Gasteiger charge is -2.33. The number of fused-ring (bicyclic) bond motifs is 5. The monoisotopic (exact) mass is 489 g/mol. The molecule has 34 heavy (non-hydrogen) atoms. The summed E-state index contributed by atoms with van der Waals surface area (Å²) >= 11 is 12.0.